The van der Waals surface area contributed by atoms with Gasteiger partial charge in [0.1, 0.15) is 40.4 Å². The molecule has 232 valence electrons. The number of aromatic nitrogens is 1. The summed E-state index contributed by atoms with van der Waals surface area (Å²) in [5.74, 6) is 1.02. The topological polar surface area (TPSA) is 132 Å². The maximum Gasteiger partial charge on any atom is 0.259 e. The van der Waals surface area contributed by atoms with Crippen molar-refractivity contribution in [2.24, 2.45) is 0 Å². The van der Waals surface area contributed by atoms with Crippen LogP contribution in [0.3, 0.4) is 0 Å². The number of benzene rings is 3. The Morgan fingerprint density at radius 3 is 2.64 bits per heavy atom. The Morgan fingerprint density at radius 1 is 1.02 bits per heavy atom. The minimum Gasteiger partial charge on any atom is -0.496 e. The molecule has 4 heterocycles. The highest BCUT2D eigenvalue weighted by molar-refractivity contribution is 6.01. The Kier molecular flexibility index (Phi) is 8.41. The number of carbonyl (C=O) groups excluding carboxylic acids is 3. The van der Waals surface area contributed by atoms with Gasteiger partial charge in [-0.1, -0.05) is 41.6 Å². The van der Waals surface area contributed by atoms with Crippen molar-refractivity contribution < 1.29 is 33.1 Å². The molecule has 1 aromatic heterocycles. The van der Waals surface area contributed by atoms with Crippen LogP contribution >= 0.6 is 0 Å². The van der Waals surface area contributed by atoms with Crippen molar-refractivity contribution in [2.75, 3.05) is 26.8 Å². The van der Waals surface area contributed by atoms with Gasteiger partial charge in [-0.15, -0.1) is 0 Å². The quantitative estimate of drug-likeness (QED) is 0.355. The smallest absolute Gasteiger partial charge is 0.259 e. The first-order valence-electron chi connectivity index (χ1n) is 14.8. The predicted molar refractivity (Wildman–Crippen MR) is 164 cm³/mol. The third-order valence-corrected chi connectivity index (χ3v) is 8.11. The van der Waals surface area contributed by atoms with Crippen molar-refractivity contribution >= 4 is 17.7 Å². The number of nitrogens with one attached hydrogen (secondary N) is 2. The first-order chi connectivity index (χ1) is 21.8. The minimum atomic E-state index is -0.564. The van der Waals surface area contributed by atoms with E-state index in [2.05, 4.69) is 15.8 Å². The molecule has 11 heteroatoms. The maximum absolute atomic E-state index is 14.0. The van der Waals surface area contributed by atoms with E-state index in [9.17, 15) is 14.4 Å². The van der Waals surface area contributed by atoms with Crippen LogP contribution in [0.4, 0.5) is 0 Å². The summed E-state index contributed by atoms with van der Waals surface area (Å²) in [6, 6.07) is 19.3. The van der Waals surface area contributed by atoms with Crippen molar-refractivity contribution in [3.05, 3.63) is 94.7 Å². The lowest BCUT2D eigenvalue weighted by Gasteiger charge is -2.39. The Labute approximate surface area is 260 Å². The zero-order chi connectivity index (χ0) is 31.5. The Hall–Kier alpha value is -5.32. The van der Waals surface area contributed by atoms with E-state index in [1.54, 1.807) is 49.3 Å². The summed E-state index contributed by atoms with van der Waals surface area (Å²) >= 11 is 0. The van der Waals surface area contributed by atoms with E-state index in [0.717, 1.165) is 16.7 Å². The number of nitrogens with zero attached hydrogens (tertiary/aromatic N) is 2. The largest absolute Gasteiger partial charge is 0.496 e. The first kappa shape index (κ1) is 29.7. The van der Waals surface area contributed by atoms with Crippen LogP contribution in [0.25, 0.3) is 11.3 Å². The van der Waals surface area contributed by atoms with E-state index in [1.807, 2.05) is 43.3 Å². The summed E-state index contributed by atoms with van der Waals surface area (Å²) in [5.41, 5.74) is 3.54. The first-order valence-corrected chi connectivity index (χ1v) is 14.8. The Balaban J connectivity index is 1.32. The molecule has 45 heavy (non-hydrogen) atoms. The summed E-state index contributed by atoms with van der Waals surface area (Å²) in [4.78, 5) is 41.9. The second kappa shape index (κ2) is 12.7. The van der Waals surface area contributed by atoms with Crippen molar-refractivity contribution in [2.45, 2.75) is 39.0 Å². The van der Waals surface area contributed by atoms with Gasteiger partial charge in [-0.3, -0.25) is 14.4 Å². The third kappa shape index (κ3) is 6.33. The van der Waals surface area contributed by atoms with Crippen molar-refractivity contribution in [1.82, 2.24) is 20.7 Å². The number of fused-ring (bicyclic) bond motifs is 7. The number of rotatable bonds is 3. The van der Waals surface area contributed by atoms with E-state index >= 15 is 0 Å². The molecule has 7 rings (SSSR count). The summed E-state index contributed by atoms with van der Waals surface area (Å²) in [5, 5.41) is 10.1. The lowest BCUT2D eigenvalue weighted by atomic mass is 9.98. The van der Waals surface area contributed by atoms with Crippen LogP contribution in [-0.4, -0.2) is 66.7 Å². The van der Waals surface area contributed by atoms with Crippen LogP contribution in [0.1, 0.15) is 44.0 Å². The fourth-order valence-electron chi connectivity index (χ4n) is 5.63. The molecule has 0 aliphatic carbocycles. The van der Waals surface area contributed by atoms with Gasteiger partial charge in [0.05, 0.1) is 13.2 Å². The van der Waals surface area contributed by atoms with Gasteiger partial charge in [0.2, 0.25) is 0 Å². The average molecular weight is 611 g/mol. The SMILES string of the molecule is COc1cc2ccc1CNC(=O)COc1cc(ccc1C)C(=O)N[C@H]1CN(C(=O)c3c(-c4ccccc4)noc3C)CC[C@H]1O2. The predicted octanol–water partition coefficient (Wildman–Crippen LogP) is 4.07. The number of likely N-dealkylation sites (tertiary alicyclic amines) is 1. The molecular weight excluding hydrogens is 576 g/mol. The second-order valence-corrected chi connectivity index (χ2v) is 11.1. The Bertz CT molecular complexity index is 1740. The summed E-state index contributed by atoms with van der Waals surface area (Å²) in [6.45, 7) is 4.16. The Morgan fingerprint density at radius 2 is 1.84 bits per heavy atom. The monoisotopic (exact) mass is 610 g/mol. The fourth-order valence-corrected chi connectivity index (χ4v) is 5.63. The number of carbonyl (C=O) groups is 3. The number of methoxy groups -OCH3 is 1. The van der Waals surface area contributed by atoms with Gasteiger partial charge in [-0.2, -0.15) is 0 Å². The van der Waals surface area contributed by atoms with E-state index in [0.29, 0.717) is 52.8 Å². The summed E-state index contributed by atoms with van der Waals surface area (Å²) in [6.07, 6.45) is -0.00775. The van der Waals surface area contributed by atoms with Gasteiger partial charge in [-0.25, -0.2) is 0 Å². The third-order valence-electron chi connectivity index (χ3n) is 8.11. The highest BCUT2D eigenvalue weighted by atomic mass is 16.5. The number of hydrogen-bond donors (Lipinski definition) is 2. The van der Waals surface area contributed by atoms with Gasteiger partial charge < -0.3 is 34.3 Å². The highest BCUT2D eigenvalue weighted by Gasteiger charge is 2.37. The zero-order valence-corrected chi connectivity index (χ0v) is 25.3. The normalized spacial score (nSPS) is 18.5. The fraction of sp³-hybridized carbons (Fsp3) is 0.294. The number of piperidine rings is 1. The molecule has 3 aliphatic rings. The van der Waals surface area contributed by atoms with Crippen LogP contribution in [-0.2, 0) is 11.3 Å². The van der Waals surface area contributed by atoms with Crippen LogP contribution in [0, 0.1) is 13.8 Å². The summed E-state index contributed by atoms with van der Waals surface area (Å²) in [7, 11) is 1.55. The number of aryl methyl sites for hydroxylation is 2. The molecule has 0 radical (unpaired) electrons. The van der Waals surface area contributed by atoms with Crippen molar-refractivity contribution in [1.29, 1.82) is 0 Å². The van der Waals surface area contributed by atoms with E-state index in [4.69, 9.17) is 18.7 Å². The molecule has 3 aliphatic heterocycles. The molecule has 0 spiro atoms. The van der Waals surface area contributed by atoms with Gasteiger partial charge >= 0.3 is 0 Å². The molecule has 1 saturated heterocycles. The standard InChI is InChI=1S/C34H34N4O7/c1-20-9-10-23-15-28(20)43-19-30(39)35-17-24-11-12-25(16-29(24)42-3)44-27-13-14-38(18-26(27)36-33(23)40)34(41)31-21(2)45-37-32(31)22-7-5-4-6-8-22/h4-12,15-16,26-27H,13-14,17-19H2,1-3H3,(H,35,39)(H,36,40)/t26-,27+/m0/s1. The molecule has 0 saturated carbocycles. The molecule has 2 N–H and O–H groups in total. The van der Waals surface area contributed by atoms with Gasteiger partial charge in [0, 0.05) is 48.8 Å². The molecule has 4 bridgehead atoms. The molecule has 4 aromatic rings. The zero-order valence-electron chi connectivity index (χ0n) is 25.3. The highest BCUT2D eigenvalue weighted by Crippen LogP contribution is 2.30. The van der Waals surface area contributed by atoms with Crippen LogP contribution in [0.15, 0.2) is 71.3 Å². The van der Waals surface area contributed by atoms with Gasteiger partial charge in [0.25, 0.3) is 17.7 Å². The van der Waals surface area contributed by atoms with E-state index in [1.165, 1.54) is 0 Å². The molecular formula is C34H34N4O7. The van der Waals surface area contributed by atoms with Crippen molar-refractivity contribution in [3.63, 3.8) is 0 Å². The number of ether oxygens (including phenoxy) is 3. The second-order valence-electron chi connectivity index (χ2n) is 11.1. The van der Waals surface area contributed by atoms with Gasteiger partial charge in [-0.05, 0) is 43.7 Å². The maximum atomic E-state index is 14.0. The lowest BCUT2D eigenvalue weighted by Crippen LogP contribution is -2.58. The van der Waals surface area contributed by atoms with Gasteiger partial charge in [0.15, 0.2) is 6.61 Å². The van der Waals surface area contributed by atoms with E-state index in [-0.39, 0.29) is 37.4 Å². The lowest BCUT2D eigenvalue weighted by molar-refractivity contribution is -0.123. The molecule has 1 fully saturated rings. The number of amides is 3. The van der Waals surface area contributed by atoms with E-state index < -0.39 is 12.1 Å². The molecule has 2 atom stereocenters. The van der Waals surface area contributed by atoms with Crippen LogP contribution < -0.4 is 24.8 Å². The minimum absolute atomic E-state index is 0.191. The molecule has 11 nitrogen and oxygen atoms in total. The van der Waals surface area contributed by atoms with Crippen LogP contribution in [0.2, 0.25) is 0 Å². The molecule has 3 aromatic carbocycles. The van der Waals surface area contributed by atoms with Crippen LogP contribution in [0.5, 0.6) is 17.2 Å². The average Bonchev–Trinajstić information content (AvgIpc) is 3.45. The number of hydrogen-bond acceptors (Lipinski definition) is 8. The molecule has 3 amide bonds. The molecule has 0 unspecified atom stereocenters. The summed E-state index contributed by atoms with van der Waals surface area (Å²) < 4.78 is 23.3. The van der Waals surface area contributed by atoms with Crippen molar-refractivity contribution in [3.8, 4) is 28.5 Å².